The summed E-state index contributed by atoms with van der Waals surface area (Å²) in [5.41, 5.74) is 3.37. The summed E-state index contributed by atoms with van der Waals surface area (Å²) in [7, 11) is -3.29. The van der Waals surface area contributed by atoms with Crippen molar-refractivity contribution in [3.05, 3.63) is 63.6 Å². The van der Waals surface area contributed by atoms with E-state index in [1.807, 2.05) is 22.8 Å². The van der Waals surface area contributed by atoms with Crippen molar-refractivity contribution in [2.24, 2.45) is 5.92 Å². The maximum absolute atomic E-state index is 13.0. The number of rotatable bonds is 4. The number of anilines is 1. The summed E-state index contributed by atoms with van der Waals surface area (Å²) in [6.45, 7) is 3.09. The largest absolute Gasteiger partial charge is 0.312 e. The summed E-state index contributed by atoms with van der Waals surface area (Å²) in [5.74, 6) is 0.719. The van der Waals surface area contributed by atoms with E-state index in [0.717, 1.165) is 37.3 Å². The molecule has 166 valence electrons. The van der Waals surface area contributed by atoms with Crippen LogP contribution in [-0.4, -0.2) is 56.1 Å². The van der Waals surface area contributed by atoms with Gasteiger partial charge in [-0.25, -0.2) is 8.42 Å². The quantitative estimate of drug-likeness (QED) is 0.647. The van der Waals surface area contributed by atoms with Crippen LogP contribution in [0.4, 0.5) is 5.69 Å². The number of hydrogen-bond donors (Lipinski definition) is 0. The summed E-state index contributed by atoms with van der Waals surface area (Å²) in [4.78, 5) is 27.4. The van der Waals surface area contributed by atoms with Gasteiger partial charge in [0.05, 0.1) is 18.5 Å². The van der Waals surface area contributed by atoms with Gasteiger partial charge in [-0.2, -0.15) is 0 Å². The predicted octanol–water partition coefficient (Wildman–Crippen LogP) is 1.89. The van der Waals surface area contributed by atoms with Crippen molar-refractivity contribution < 1.29 is 13.2 Å². The van der Waals surface area contributed by atoms with Gasteiger partial charge in [-0.1, -0.05) is 6.07 Å². The second kappa shape index (κ2) is 8.07. The average molecular weight is 464 g/mol. The number of pyridine rings is 1. The van der Waals surface area contributed by atoms with Gasteiger partial charge in [0.2, 0.25) is 10.0 Å². The Labute approximate surface area is 188 Å². The Balaban J connectivity index is 0.00000231. The fraction of sp³-hybridized carbons (Fsp3) is 0.455. The van der Waals surface area contributed by atoms with E-state index >= 15 is 0 Å². The van der Waals surface area contributed by atoms with Crippen LogP contribution in [0.25, 0.3) is 0 Å². The average Bonchev–Trinajstić information content (AvgIpc) is 3.12. The Morgan fingerprint density at radius 3 is 2.71 bits per heavy atom. The molecule has 2 aromatic rings. The molecule has 2 atom stereocenters. The highest BCUT2D eigenvalue weighted by Crippen LogP contribution is 2.35. The van der Waals surface area contributed by atoms with Crippen LogP contribution in [0, 0.1) is 5.92 Å². The maximum atomic E-state index is 13.0. The number of carbonyl (C=O) groups is 1. The normalized spacial score (nSPS) is 22.4. The van der Waals surface area contributed by atoms with Crippen molar-refractivity contribution in [3.63, 3.8) is 0 Å². The zero-order valence-electron chi connectivity index (χ0n) is 17.4. The van der Waals surface area contributed by atoms with E-state index in [2.05, 4.69) is 4.90 Å². The third-order valence-electron chi connectivity index (χ3n) is 6.58. The molecule has 3 aliphatic heterocycles. The van der Waals surface area contributed by atoms with Gasteiger partial charge < -0.3 is 4.57 Å². The number of nitrogens with zero attached hydrogens (tertiary/aromatic N) is 3. The lowest BCUT2D eigenvalue weighted by Gasteiger charge is -2.42. The van der Waals surface area contributed by atoms with Crippen molar-refractivity contribution in [1.29, 1.82) is 0 Å². The second-order valence-corrected chi connectivity index (χ2v) is 10.7. The lowest BCUT2D eigenvalue weighted by molar-refractivity contribution is 0.0817. The Morgan fingerprint density at radius 1 is 1.13 bits per heavy atom. The number of likely N-dealkylation sites (tertiary alicyclic amines) is 1. The fourth-order valence-electron chi connectivity index (χ4n) is 5.31. The summed E-state index contributed by atoms with van der Waals surface area (Å²) < 4.78 is 27.1. The highest BCUT2D eigenvalue weighted by atomic mass is 35.5. The van der Waals surface area contributed by atoms with Crippen LogP contribution in [0.1, 0.15) is 34.0 Å². The minimum atomic E-state index is -3.29. The summed E-state index contributed by atoms with van der Waals surface area (Å²) in [6.07, 6.45) is 2.90. The molecule has 7 nitrogen and oxygen atoms in total. The van der Waals surface area contributed by atoms with Crippen LogP contribution in [0.2, 0.25) is 0 Å². The molecule has 4 heterocycles. The molecule has 0 saturated carbocycles. The van der Waals surface area contributed by atoms with Crippen LogP contribution in [0.5, 0.6) is 0 Å². The van der Waals surface area contributed by atoms with Gasteiger partial charge in [-0.15, -0.1) is 12.4 Å². The van der Waals surface area contributed by atoms with Crippen LogP contribution in [-0.2, 0) is 23.0 Å². The van der Waals surface area contributed by atoms with Crippen LogP contribution >= 0.6 is 12.4 Å². The Hall–Kier alpha value is -2.16. The number of aromatic nitrogens is 1. The second-order valence-electron chi connectivity index (χ2n) is 8.74. The Bertz CT molecular complexity index is 1190. The van der Waals surface area contributed by atoms with Gasteiger partial charge in [0.15, 0.2) is 5.78 Å². The number of Topliss-reactive ketones (excluding diaryl/α,β-unsaturated/α-hetero) is 1. The van der Waals surface area contributed by atoms with Gasteiger partial charge in [-0.05, 0) is 48.6 Å². The van der Waals surface area contributed by atoms with Gasteiger partial charge in [0, 0.05) is 49.4 Å². The van der Waals surface area contributed by atoms with E-state index in [1.54, 1.807) is 18.2 Å². The molecular weight excluding hydrogens is 438 g/mol. The van der Waals surface area contributed by atoms with Crippen LogP contribution in [0.3, 0.4) is 0 Å². The molecule has 1 fully saturated rings. The SMILES string of the molecule is CS(=O)(=O)N1CCc2cc(C(=O)CN3C[C@@H]4C[C@@H](C3)c3cccc(=O)n3C4)ccc21.Cl. The number of halogens is 1. The predicted molar refractivity (Wildman–Crippen MR) is 122 cm³/mol. The molecule has 2 bridgehead atoms. The first-order valence-corrected chi connectivity index (χ1v) is 12.2. The zero-order chi connectivity index (χ0) is 21.0. The molecule has 0 aliphatic carbocycles. The van der Waals surface area contributed by atoms with Crippen molar-refractivity contribution in [2.45, 2.75) is 25.3 Å². The molecule has 1 aromatic carbocycles. The molecule has 1 saturated heterocycles. The number of ketones is 1. The molecule has 0 spiro atoms. The van der Waals surface area contributed by atoms with E-state index in [-0.39, 0.29) is 29.7 Å². The lowest BCUT2D eigenvalue weighted by atomic mass is 9.83. The number of sulfonamides is 1. The first-order chi connectivity index (χ1) is 14.3. The molecule has 0 radical (unpaired) electrons. The van der Waals surface area contributed by atoms with E-state index in [4.69, 9.17) is 0 Å². The molecule has 9 heteroatoms. The minimum absolute atomic E-state index is 0. The van der Waals surface area contributed by atoms with Gasteiger partial charge >= 0.3 is 0 Å². The maximum Gasteiger partial charge on any atom is 0.250 e. The Morgan fingerprint density at radius 2 is 1.94 bits per heavy atom. The Kier molecular flexibility index (Phi) is 5.74. The standard InChI is InChI=1S/C22H25N3O4S.ClH/c1-30(28,29)25-8-7-16-10-17(5-6-20(16)25)21(26)14-23-11-15-9-18(13-23)19-3-2-4-22(27)24(19)12-15;/h2-6,10,15,18H,7-9,11-14H2,1H3;1H/t15-,18-;/m0./s1. The van der Waals surface area contributed by atoms with Crippen LogP contribution in [0.15, 0.2) is 41.2 Å². The molecule has 0 amide bonds. The van der Waals surface area contributed by atoms with E-state index in [0.29, 0.717) is 36.7 Å². The summed E-state index contributed by atoms with van der Waals surface area (Å²) in [5, 5.41) is 0. The fourth-order valence-corrected chi connectivity index (χ4v) is 6.27. The molecule has 0 unspecified atom stereocenters. The minimum Gasteiger partial charge on any atom is -0.312 e. The third-order valence-corrected chi connectivity index (χ3v) is 7.76. The third kappa shape index (κ3) is 4.04. The monoisotopic (exact) mass is 463 g/mol. The number of piperidine rings is 1. The molecule has 31 heavy (non-hydrogen) atoms. The van der Waals surface area contributed by atoms with Crippen LogP contribution < -0.4 is 9.86 Å². The summed E-state index contributed by atoms with van der Waals surface area (Å²) >= 11 is 0. The highest BCUT2D eigenvalue weighted by Gasteiger charge is 2.35. The lowest BCUT2D eigenvalue weighted by Crippen LogP contribution is -2.48. The van der Waals surface area contributed by atoms with E-state index in [1.165, 1.54) is 10.6 Å². The first kappa shape index (κ1) is 22.0. The van der Waals surface area contributed by atoms with Crippen molar-refractivity contribution in [1.82, 2.24) is 9.47 Å². The molecule has 3 aliphatic rings. The number of carbonyl (C=O) groups excluding carboxylic acids is 1. The molecule has 1 aromatic heterocycles. The van der Waals surface area contributed by atoms with Gasteiger partial charge in [0.25, 0.3) is 5.56 Å². The van der Waals surface area contributed by atoms with Crippen molar-refractivity contribution in [2.75, 3.05) is 36.7 Å². The van der Waals surface area contributed by atoms with Crippen molar-refractivity contribution in [3.8, 4) is 0 Å². The van der Waals surface area contributed by atoms with Gasteiger partial charge in [0.1, 0.15) is 0 Å². The van der Waals surface area contributed by atoms with Gasteiger partial charge in [-0.3, -0.25) is 18.8 Å². The number of fused-ring (bicyclic) bond motifs is 5. The number of benzene rings is 1. The highest BCUT2D eigenvalue weighted by molar-refractivity contribution is 7.92. The summed E-state index contributed by atoms with van der Waals surface area (Å²) in [6, 6.07) is 10.8. The zero-order valence-corrected chi connectivity index (χ0v) is 19.0. The smallest absolute Gasteiger partial charge is 0.250 e. The topological polar surface area (TPSA) is 79.7 Å². The first-order valence-electron chi connectivity index (χ1n) is 10.4. The number of hydrogen-bond acceptors (Lipinski definition) is 5. The molecular formula is C22H26ClN3O4S. The molecule has 5 rings (SSSR count). The van der Waals surface area contributed by atoms with Crippen molar-refractivity contribution >= 4 is 33.9 Å². The van der Waals surface area contributed by atoms with E-state index < -0.39 is 10.0 Å². The molecule has 0 N–H and O–H groups in total. The van der Waals surface area contributed by atoms with E-state index in [9.17, 15) is 18.0 Å².